The lowest BCUT2D eigenvalue weighted by Crippen LogP contribution is -2.45. The third-order valence-corrected chi connectivity index (χ3v) is 3.22. The number of rotatable bonds is 5. The molecule has 0 rings (SSSR count). The zero-order chi connectivity index (χ0) is 11.1. The maximum absolute atomic E-state index is 11.9. The van der Waals surface area contributed by atoms with E-state index in [1.807, 2.05) is 30.7 Å². The molecule has 3 nitrogen and oxygen atoms in total. The highest BCUT2D eigenvalue weighted by atomic mass is 32.2. The molecular weight excluding hydrogens is 196 g/mol. The van der Waals surface area contributed by atoms with Crippen LogP contribution in [-0.4, -0.2) is 54.0 Å². The maximum atomic E-state index is 11.9. The molecule has 0 aromatic rings. The summed E-state index contributed by atoms with van der Waals surface area (Å²) < 4.78 is 0. The van der Waals surface area contributed by atoms with E-state index in [0.717, 1.165) is 18.8 Å². The van der Waals surface area contributed by atoms with E-state index in [1.54, 1.807) is 11.8 Å². The summed E-state index contributed by atoms with van der Waals surface area (Å²) in [5, 5.41) is 0. The lowest BCUT2D eigenvalue weighted by atomic mass is 10.3. The van der Waals surface area contributed by atoms with Crippen molar-refractivity contribution in [3.05, 3.63) is 0 Å². The van der Waals surface area contributed by atoms with Crippen LogP contribution in [0.3, 0.4) is 0 Å². The fourth-order valence-electron chi connectivity index (χ4n) is 1.26. The summed E-state index contributed by atoms with van der Waals surface area (Å²) in [5.74, 6) is 0.990. The van der Waals surface area contributed by atoms with Gasteiger partial charge in [-0.25, -0.2) is 4.79 Å². The number of thioether (sulfide) groups is 1. The van der Waals surface area contributed by atoms with Crippen molar-refractivity contribution in [3.8, 4) is 0 Å². The SMILES string of the molecule is CCN(CC)C(=O)N(C)C(C)CSC. The van der Waals surface area contributed by atoms with E-state index in [9.17, 15) is 4.79 Å². The first-order valence-electron chi connectivity index (χ1n) is 5.09. The first-order valence-corrected chi connectivity index (χ1v) is 6.48. The smallest absolute Gasteiger partial charge is 0.319 e. The van der Waals surface area contributed by atoms with Gasteiger partial charge in [0.1, 0.15) is 0 Å². The van der Waals surface area contributed by atoms with E-state index in [4.69, 9.17) is 0 Å². The Bertz CT molecular complexity index is 172. The molecule has 2 amide bonds. The summed E-state index contributed by atoms with van der Waals surface area (Å²) in [7, 11) is 1.88. The number of amides is 2. The van der Waals surface area contributed by atoms with Gasteiger partial charge in [0.25, 0.3) is 0 Å². The Labute approximate surface area is 91.8 Å². The second-order valence-electron chi connectivity index (χ2n) is 3.37. The predicted molar refractivity (Wildman–Crippen MR) is 63.9 cm³/mol. The van der Waals surface area contributed by atoms with Gasteiger partial charge in [-0.05, 0) is 27.0 Å². The lowest BCUT2D eigenvalue weighted by molar-refractivity contribution is 0.158. The molecular formula is C10H22N2OS. The Balaban J connectivity index is 4.21. The molecule has 0 aliphatic carbocycles. The second-order valence-corrected chi connectivity index (χ2v) is 4.28. The number of carbonyl (C=O) groups is 1. The van der Waals surface area contributed by atoms with Crippen molar-refractivity contribution in [3.63, 3.8) is 0 Å². The molecule has 4 heteroatoms. The van der Waals surface area contributed by atoms with Crippen LogP contribution >= 0.6 is 11.8 Å². The molecule has 0 radical (unpaired) electrons. The highest BCUT2D eigenvalue weighted by Gasteiger charge is 2.18. The van der Waals surface area contributed by atoms with Gasteiger partial charge in [0.05, 0.1) is 0 Å². The first kappa shape index (κ1) is 13.6. The zero-order valence-corrected chi connectivity index (χ0v) is 10.7. The van der Waals surface area contributed by atoms with Crippen molar-refractivity contribution in [2.24, 2.45) is 0 Å². The van der Waals surface area contributed by atoms with Crippen LogP contribution in [-0.2, 0) is 0 Å². The lowest BCUT2D eigenvalue weighted by Gasteiger charge is -2.30. The molecule has 0 heterocycles. The van der Waals surface area contributed by atoms with E-state index in [-0.39, 0.29) is 6.03 Å². The van der Waals surface area contributed by atoms with Crippen molar-refractivity contribution in [2.75, 3.05) is 32.1 Å². The number of hydrogen-bond acceptors (Lipinski definition) is 2. The minimum Gasteiger partial charge on any atom is -0.325 e. The van der Waals surface area contributed by atoms with Gasteiger partial charge in [-0.15, -0.1) is 0 Å². The van der Waals surface area contributed by atoms with Crippen molar-refractivity contribution in [1.29, 1.82) is 0 Å². The number of nitrogens with zero attached hydrogens (tertiary/aromatic N) is 2. The topological polar surface area (TPSA) is 23.6 Å². The molecule has 0 N–H and O–H groups in total. The fraction of sp³-hybridized carbons (Fsp3) is 0.900. The Hall–Kier alpha value is -0.380. The quantitative estimate of drug-likeness (QED) is 0.706. The molecule has 1 atom stereocenters. The van der Waals surface area contributed by atoms with Crippen LogP contribution in [0.1, 0.15) is 20.8 Å². The molecule has 84 valence electrons. The van der Waals surface area contributed by atoms with Crippen LogP contribution in [0.5, 0.6) is 0 Å². The normalized spacial score (nSPS) is 12.4. The predicted octanol–water partition coefficient (Wildman–Crippen LogP) is 2.13. The van der Waals surface area contributed by atoms with Gasteiger partial charge < -0.3 is 9.80 Å². The average molecular weight is 218 g/mol. The third-order valence-electron chi connectivity index (χ3n) is 2.40. The summed E-state index contributed by atoms with van der Waals surface area (Å²) in [4.78, 5) is 15.5. The van der Waals surface area contributed by atoms with Gasteiger partial charge >= 0.3 is 6.03 Å². The Kier molecular flexibility index (Phi) is 6.79. The van der Waals surface area contributed by atoms with Crippen LogP contribution in [0.15, 0.2) is 0 Å². The molecule has 0 fully saturated rings. The van der Waals surface area contributed by atoms with Gasteiger partial charge in [0.15, 0.2) is 0 Å². The first-order chi connectivity index (χ1) is 6.58. The largest absolute Gasteiger partial charge is 0.325 e. The highest BCUT2D eigenvalue weighted by Crippen LogP contribution is 2.06. The molecule has 14 heavy (non-hydrogen) atoms. The van der Waals surface area contributed by atoms with Gasteiger partial charge in [-0.1, -0.05) is 0 Å². The average Bonchev–Trinajstić information content (AvgIpc) is 2.18. The second kappa shape index (κ2) is 6.98. The summed E-state index contributed by atoms with van der Waals surface area (Å²) in [6.07, 6.45) is 2.06. The fourth-order valence-corrected chi connectivity index (χ4v) is 1.96. The van der Waals surface area contributed by atoms with E-state index in [2.05, 4.69) is 13.2 Å². The van der Waals surface area contributed by atoms with Crippen LogP contribution in [0, 0.1) is 0 Å². The van der Waals surface area contributed by atoms with Gasteiger partial charge in [0.2, 0.25) is 0 Å². The zero-order valence-electron chi connectivity index (χ0n) is 9.91. The van der Waals surface area contributed by atoms with Gasteiger partial charge in [-0.2, -0.15) is 11.8 Å². The van der Waals surface area contributed by atoms with Gasteiger partial charge in [-0.3, -0.25) is 0 Å². The number of hydrogen-bond donors (Lipinski definition) is 0. The van der Waals surface area contributed by atoms with Crippen LogP contribution in [0.25, 0.3) is 0 Å². The summed E-state index contributed by atoms with van der Waals surface area (Å²) >= 11 is 1.77. The van der Waals surface area contributed by atoms with Crippen molar-refractivity contribution >= 4 is 17.8 Å². The van der Waals surface area contributed by atoms with E-state index < -0.39 is 0 Å². The minimum atomic E-state index is 0.136. The highest BCUT2D eigenvalue weighted by molar-refractivity contribution is 7.98. The Morgan fingerprint density at radius 2 is 1.86 bits per heavy atom. The van der Waals surface area contributed by atoms with Crippen molar-refractivity contribution in [2.45, 2.75) is 26.8 Å². The maximum Gasteiger partial charge on any atom is 0.319 e. The monoisotopic (exact) mass is 218 g/mol. The molecule has 0 aromatic carbocycles. The minimum absolute atomic E-state index is 0.136. The van der Waals surface area contributed by atoms with E-state index >= 15 is 0 Å². The van der Waals surface area contributed by atoms with E-state index in [1.165, 1.54) is 0 Å². The summed E-state index contributed by atoms with van der Waals surface area (Å²) in [6, 6.07) is 0.439. The molecule has 1 unspecified atom stereocenters. The summed E-state index contributed by atoms with van der Waals surface area (Å²) in [5.41, 5.74) is 0. The number of carbonyl (C=O) groups excluding carboxylic acids is 1. The molecule has 0 aromatic heterocycles. The van der Waals surface area contributed by atoms with Crippen LogP contribution in [0.4, 0.5) is 4.79 Å². The van der Waals surface area contributed by atoms with Crippen LogP contribution in [0.2, 0.25) is 0 Å². The Morgan fingerprint density at radius 3 is 2.21 bits per heavy atom. The molecule has 0 aliphatic heterocycles. The molecule has 0 aliphatic rings. The summed E-state index contributed by atoms with van der Waals surface area (Å²) in [6.45, 7) is 7.66. The van der Waals surface area contributed by atoms with Gasteiger partial charge in [0, 0.05) is 31.9 Å². The Morgan fingerprint density at radius 1 is 1.36 bits per heavy atom. The third kappa shape index (κ3) is 3.78. The molecule has 0 saturated carbocycles. The molecule has 0 saturated heterocycles. The van der Waals surface area contributed by atoms with Crippen molar-refractivity contribution in [1.82, 2.24) is 9.80 Å². The molecule has 0 spiro atoms. The van der Waals surface area contributed by atoms with Crippen LogP contribution < -0.4 is 0 Å². The standard InChI is InChI=1S/C10H22N2OS/c1-6-12(7-2)10(13)11(4)9(3)8-14-5/h9H,6-8H2,1-5H3. The van der Waals surface area contributed by atoms with E-state index in [0.29, 0.717) is 6.04 Å². The molecule has 0 bridgehead atoms. The number of urea groups is 1. The van der Waals surface area contributed by atoms with Crippen molar-refractivity contribution < 1.29 is 4.79 Å².